The standard InChI is InChI=1S/C14H27N3O3/c1-3-4-7-16-13(18)11-5-8-17(9-6-11)14(19)12(15)10-20-2/h11-12H,3-10,15H2,1-2H3,(H,16,18). The number of carbonyl (C=O) groups is 2. The Labute approximate surface area is 121 Å². The molecule has 1 aliphatic heterocycles. The van der Waals surface area contributed by atoms with Gasteiger partial charge in [0.15, 0.2) is 0 Å². The maximum absolute atomic E-state index is 12.0. The number of ether oxygens (including phenoxy) is 1. The van der Waals surface area contributed by atoms with Crippen molar-refractivity contribution >= 4 is 11.8 Å². The van der Waals surface area contributed by atoms with E-state index < -0.39 is 6.04 Å². The van der Waals surface area contributed by atoms with Crippen molar-refractivity contribution in [1.29, 1.82) is 0 Å². The minimum atomic E-state index is -0.602. The Bertz CT molecular complexity index is 315. The fourth-order valence-corrected chi connectivity index (χ4v) is 2.38. The molecular weight excluding hydrogens is 258 g/mol. The summed E-state index contributed by atoms with van der Waals surface area (Å²) < 4.78 is 4.89. The lowest BCUT2D eigenvalue weighted by molar-refractivity contribution is -0.137. The van der Waals surface area contributed by atoms with Crippen molar-refractivity contribution in [3.05, 3.63) is 0 Å². The second kappa shape index (κ2) is 8.92. The van der Waals surface area contributed by atoms with Crippen LogP contribution in [0, 0.1) is 5.92 Å². The zero-order valence-corrected chi connectivity index (χ0v) is 12.6. The first kappa shape index (κ1) is 16.9. The van der Waals surface area contributed by atoms with Gasteiger partial charge >= 0.3 is 0 Å². The zero-order chi connectivity index (χ0) is 15.0. The summed E-state index contributed by atoms with van der Waals surface area (Å²) in [6.07, 6.45) is 3.51. The molecule has 1 heterocycles. The SMILES string of the molecule is CCCCNC(=O)C1CCN(C(=O)C(N)COC)CC1. The Balaban J connectivity index is 2.32. The van der Waals surface area contributed by atoms with E-state index in [0.717, 1.165) is 19.4 Å². The second-order valence-corrected chi connectivity index (χ2v) is 5.31. The third-order valence-electron chi connectivity index (χ3n) is 3.67. The first-order valence-corrected chi connectivity index (χ1v) is 7.41. The van der Waals surface area contributed by atoms with Crippen LogP contribution in [-0.4, -0.2) is 56.1 Å². The molecule has 1 rings (SSSR count). The van der Waals surface area contributed by atoms with E-state index in [1.54, 1.807) is 4.90 Å². The van der Waals surface area contributed by atoms with Crippen LogP contribution in [0.1, 0.15) is 32.6 Å². The van der Waals surface area contributed by atoms with Gasteiger partial charge in [0.1, 0.15) is 6.04 Å². The van der Waals surface area contributed by atoms with Gasteiger partial charge in [-0.2, -0.15) is 0 Å². The van der Waals surface area contributed by atoms with Crippen LogP contribution in [-0.2, 0) is 14.3 Å². The highest BCUT2D eigenvalue weighted by atomic mass is 16.5. The number of carbonyl (C=O) groups excluding carboxylic acids is 2. The number of hydrogen-bond donors (Lipinski definition) is 2. The molecule has 1 unspecified atom stereocenters. The Morgan fingerprint density at radius 3 is 2.60 bits per heavy atom. The van der Waals surface area contributed by atoms with E-state index in [2.05, 4.69) is 12.2 Å². The molecule has 0 saturated carbocycles. The van der Waals surface area contributed by atoms with E-state index in [1.165, 1.54) is 7.11 Å². The maximum atomic E-state index is 12.0. The molecule has 0 aliphatic carbocycles. The summed E-state index contributed by atoms with van der Waals surface area (Å²) in [6, 6.07) is -0.602. The van der Waals surface area contributed by atoms with E-state index in [0.29, 0.717) is 25.9 Å². The molecule has 116 valence electrons. The van der Waals surface area contributed by atoms with Gasteiger partial charge in [-0.05, 0) is 19.3 Å². The maximum Gasteiger partial charge on any atom is 0.241 e. The molecule has 1 fully saturated rings. The molecule has 0 spiro atoms. The van der Waals surface area contributed by atoms with E-state index in [1.807, 2.05) is 0 Å². The van der Waals surface area contributed by atoms with Crippen molar-refractivity contribution in [2.24, 2.45) is 11.7 Å². The smallest absolute Gasteiger partial charge is 0.241 e. The van der Waals surface area contributed by atoms with Crippen LogP contribution in [0.15, 0.2) is 0 Å². The van der Waals surface area contributed by atoms with Gasteiger partial charge in [-0.15, -0.1) is 0 Å². The first-order valence-electron chi connectivity index (χ1n) is 7.41. The van der Waals surface area contributed by atoms with E-state index in [4.69, 9.17) is 10.5 Å². The number of hydrogen-bond acceptors (Lipinski definition) is 4. The average Bonchev–Trinajstić information content (AvgIpc) is 2.47. The second-order valence-electron chi connectivity index (χ2n) is 5.31. The fraction of sp³-hybridized carbons (Fsp3) is 0.857. The van der Waals surface area contributed by atoms with Gasteiger partial charge in [0, 0.05) is 32.7 Å². The van der Waals surface area contributed by atoms with Gasteiger partial charge in [-0.1, -0.05) is 13.3 Å². The van der Waals surface area contributed by atoms with Gasteiger partial charge in [-0.3, -0.25) is 9.59 Å². The molecular formula is C14H27N3O3. The predicted molar refractivity (Wildman–Crippen MR) is 77.1 cm³/mol. The Morgan fingerprint density at radius 2 is 2.05 bits per heavy atom. The number of methoxy groups -OCH3 is 1. The summed E-state index contributed by atoms with van der Waals surface area (Å²) in [6.45, 7) is 4.27. The average molecular weight is 285 g/mol. The molecule has 1 aliphatic rings. The topological polar surface area (TPSA) is 84.7 Å². The largest absolute Gasteiger partial charge is 0.383 e. The molecule has 1 saturated heterocycles. The lowest BCUT2D eigenvalue weighted by Crippen LogP contribution is -2.50. The van der Waals surface area contributed by atoms with Crippen LogP contribution >= 0.6 is 0 Å². The quantitative estimate of drug-likeness (QED) is 0.650. The van der Waals surface area contributed by atoms with Gasteiger partial charge < -0.3 is 20.7 Å². The van der Waals surface area contributed by atoms with Crippen LogP contribution in [0.3, 0.4) is 0 Å². The van der Waals surface area contributed by atoms with Crippen molar-refractivity contribution < 1.29 is 14.3 Å². The molecule has 3 N–H and O–H groups in total. The number of piperidine rings is 1. The third kappa shape index (κ3) is 5.09. The van der Waals surface area contributed by atoms with Gasteiger partial charge in [0.25, 0.3) is 0 Å². The summed E-state index contributed by atoms with van der Waals surface area (Å²) in [4.78, 5) is 25.7. The Hall–Kier alpha value is -1.14. The summed E-state index contributed by atoms with van der Waals surface area (Å²) >= 11 is 0. The number of likely N-dealkylation sites (tertiary alicyclic amines) is 1. The molecule has 6 heteroatoms. The normalized spacial score (nSPS) is 17.9. The molecule has 2 amide bonds. The number of nitrogens with one attached hydrogen (secondary N) is 1. The molecule has 0 bridgehead atoms. The Morgan fingerprint density at radius 1 is 1.40 bits per heavy atom. The molecule has 0 aromatic rings. The molecule has 1 atom stereocenters. The lowest BCUT2D eigenvalue weighted by atomic mass is 9.95. The highest BCUT2D eigenvalue weighted by Crippen LogP contribution is 2.17. The van der Waals surface area contributed by atoms with Crippen LogP contribution in [0.4, 0.5) is 0 Å². The number of amides is 2. The number of nitrogens with two attached hydrogens (primary N) is 1. The molecule has 0 aromatic heterocycles. The first-order chi connectivity index (χ1) is 9.60. The van der Waals surface area contributed by atoms with E-state index in [-0.39, 0.29) is 24.3 Å². The highest BCUT2D eigenvalue weighted by Gasteiger charge is 2.29. The van der Waals surface area contributed by atoms with Crippen molar-refractivity contribution in [3.8, 4) is 0 Å². The fourth-order valence-electron chi connectivity index (χ4n) is 2.38. The Kier molecular flexibility index (Phi) is 7.54. The van der Waals surface area contributed by atoms with Gasteiger partial charge in [0.2, 0.25) is 11.8 Å². The molecule has 0 aromatic carbocycles. The number of unbranched alkanes of at least 4 members (excludes halogenated alkanes) is 1. The predicted octanol–water partition coefficient (Wildman–Crippen LogP) is 0.115. The number of nitrogens with zero attached hydrogens (tertiary/aromatic N) is 1. The highest BCUT2D eigenvalue weighted by molar-refractivity contribution is 5.83. The van der Waals surface area contributed by atoms with Crippen LogP contribution in [0.2, 0.25) is 0 Å². The number of rotatable bonds is 7. The third-order valence-corrected chi connectivity index (χ3v) is 3.67. The monoisotopic (exact) mass is 285 g/mol. The lowest BCUT2D eigenvalue weighted by Gasteiger charge is -2.32. The summed E-state index contributed by atoms with van der Waals surface area (Å²) in [5, 5.41) is 2.95. The van der Waals surface area contributed by atoms with Crippen molar-refractivity contribution in [2.75, 3.05) is 33.4 Å². The van der Waals surface area contributed by atoms with Crippen molar-refractivity contribution in [2.45, 2.75) is 38.6 Å². The van der Waals surface area contributed by atoms with E-state index >= 15 is 0 Å². The molecule has 0 radical (unpaired) electrons. The van der Waals surface area contributed by atoms with Crippen molar-refractivity contribution in [3.63, 3.8) is 0 Å². The minimum absolute atomic E-state index is 0.0227. The molecule has 20 heavy (non-hydrogen) atoms. The molecule has 6 nitrogen and oxygen atoms in total. The van der Waals surface area contributed by atoms with Gasteiger partial charge in [0.05, 0.1) is 6.61 Å². The summed E-state index contributed by atoms with van der Waals surface area (Å²) in [5.74, 6) is 0.0537. The summed E-state index contributed by atoms with van der Waals surface area (Å²) in [7, 11) is 1.53. The van der Waals surface area contributed by atoms with E-state index in [9.17, 15) is 9.59 Å². The van der Waals surface area contributed by atoms with Gasteiger partial charge in [-0.25, -0.2) is 0 Å². The van der Waals surface area contributed by atoms with Crippen LogP contribution < -0.4 is 11.1 Å². The zero-order valence-electron chi connectivity index (χ0n) is 12.6. The van der Waals surface area contributed by atoms with Crippen LogP contribution in [0.5, 0.6) is 0 Å². The minimum Gasteiger partial charge on any atom is -0.383 e. The summed E-state index contributed by atoms with van der Waals surface area (Å²) in [5.41, 5.74) is 5.74. The van der Waals surface area contributed by atoms with Crippen molar-refractivity contribution in [1.82, 2.24) is 10.2 Å². The van der Waals surface area contributed by atoms with Crippen LogP contribution in [0.25, 0.3) is 0 Å².